The first kappa shape index (κ1) is 37.7. The van der Waals surface area contributed by atoms with Gasteiger partial charge in [-0.05, 0) is 97.5 Å². The van der Waals surface area contributed by atoms with E-state index in [2.05, 4.69) is 0 Å². The van der Waals surface area contributed by atoms with Crippen LogP contribution < -0.4 is 16.2 Å². The van der Waals surface area contributed by atoms with Crippen LogP contribution in [-0.2, 0) is 39.5 Å². The van der Waals surface area contributed by atoms with Crippen LogP contribution in [0.1, 0.15) is 36.1 Å². The zero-order valence-corrected chi connectivity index (χ0v) is 29.8. The number of nitrogens with two attached hydrogens (primary N) is 2. The van der Waals surface area contributed by atoms with Crippen LogP contribution in [0.4, 0.5) is 16.2 Å². The largest absolute Gasteiger partial charge is 0.508 e. The third-order valence-corrected chi connectivity index (χ3v) is 10.6. The van der Waals surface area contributed by atoms with Crippen molar-refractivity contribution in [2.24, 2.45) is 0 Å². The number of aromatic hydroxyl groups is 1. The maximum absolute atomic E-state index is 14.9. The summed E-state index contributed by atoms with van der Waals surface area (Å²) in [6.07, 6.45) is -2.56. The van der Waals surface area contributed by atoms with Gasteiger partial charge in [-0.1, -0.05) is 48.5 Å². The second-order valence-corrected chi connectivity index (χ2v) is 14.6. The average Bonchev–Trinajstić information content (AvgIpc) is 3.16. The normalized spacial score (nSPS) is 19.6. The second kappa shape index (κ2) is 17.1. The summed E-state index contributed by atoms with van der Waals surface area (Å²) in [5.41, 5.74) is 16.3. The van der Waals surface area contributed by atoms with Crippen LogP contribution in [0, 0.1) is 0 Å². The van der Waals surface area contributed by atoms with E-state index in [0.717, 1.165) is 22.3 Å². The minimum absolute atomic E-state index is 0.0929. The molecule has 51 heavy (non-hydrogen) atoms. The first-order valence-corrected chi connectivity index (χ1v) is 18.7. The van der Waals surface area contributed by atoms with Crippen molar-refractivity contribution in [3.8, 4) is 11.5 Å². The maximum Gasteiger partial charge on any atom is 0.367 e. The van der Waals surface area contributed by atoms with Crippen molar-refractivity contribution in [3.63, 3.8) is 0 Å². The van der Waals surface area contributed by atoms with E-state index in [1.54, 1.807) is 109 Å². The molecule has 12 nitrogen and oxygen atoms in total. The van der Waals surface area contributed by atoms with Crippen LogP contribution in [-0.4, -0.2) is 75.0 Å². The summed E-state index contributed by atoms with van der Waals surface area (Å²) in [6.45, 7) is 4.12. The zero-order chi connectivity index (χ0) is 36.5. The minimum Gasteiger partial charge on any atom is -0.508 e. The van der Waals surface area contributed by atoms with Crippen molar-refractivity contribution < 1.29 is 38.5 Å². The highest BCUT2D eigenvalue weighted by Crippen LogP contribution is 2.48. The molecule has 1 saturated heterocycles. The molecular formula is C38H47N4O8P. The van der Waals surface area contributed by atoms with E-state index in [0.29, 0.717) is 17.1 Å². The minimum atomic E-state index is -3.43. The molecule has 4 atom stereocenters. The zero-order valence-electron chi connectivity index (χ0n) is 28.9. The quantitative estimate of drug-likeness (QED) is 0.0774. The van der Waals surface area contributed by atoms with E-state index in [-0.39, 0.29) is 57.3 Å². The fourth-order valence-electron chi connectivity index (χ4n) is 6.38. The Hall–Kier alpha value is -4.58. The summed E-state index contributed by atoms with van der Waals surface area (Å²) in [4.78, 5) is 18.1. The molecule has 1 aliphatic rings. The molecule has 0 bridgehead atoms. The first-order valence-electron chi connectivity index (χ1n) is 17.0. The van der Waals surface area contributed by atoms with Gasteiger partial charge in [-0.3, -0.25) is 4.57 Å². The molecule has 1 aliphatic heterocycles. The Labute approximate surface area is 298 Å². The van der Waals surface area contributed by atoms with Crippen molar-refractivity contribution in [2.75, 3.05) is 31.0 Å². The second-order valence-electron chi connectivity index (χ2n) is 12.6. The Morgan fingerprint density at radius 2 is 1.14 bits per heavy atom. The van der Waals surface area contributed by atoms with Crippen LogP contribution in [0.15, 0.2) is 97.1 Å². The van der Waals surface area contributed by atoms with Gasteiger partial charge in [0.1, 0.15) is 23.7 Å². The van der Waals surface area contributed by atoms with Crippen molar-refractivity contribution in [1.29, 1.82) is 0 Å². The first-order chi connectivity index (χ1) is 24.5. The number of aliphatic hydroxyl groups is 2. The fraction of sp³-hybridized carbons (Fsp3) is 0.342. The molecule has 2 amide bonds. The number of carbonyl (C=O) groups is 1. The number of rotatable bonds is 15. The summed E-state index contributed by atoms with van der Waals surface area (Å²) in [7, 11) is -3.43. The van der Waals surface area contributed by atoms with Gasteiger partial charge in [-0.15, -0.1) is 0 Å². The standard InChI is InChI=1S/C38H47N4O8P/c1-3-49-51(47,50-4-2)25-48-33-17-13-27(14-18-33)22-35-37(45)36(44)34(21-26-11-15-32(43)16-12-26)41(23-28-7-5-9-30(39)19-28)38(46)42(35)24-29-8-6-10-31(40)20-29/h5-20,34-37,43-45H,3-4,21-25,39-40H2,1-2H3/t34-,35-,36+,37+/m1/s1. The van der Waals surface area contributed by atoms with Gasteiger partial charge in [0.15, 0.2) is 6.35 Å². The topological polar surface area (TPSA) is 181 Å². The number of ether oxygens (including phenoxy) is 1. The lowest BCUT2D eigenvalue weighted by Gasteiger charge is -2.36. The van der Waals surface area contributed by atoms with E-state index >= 15 is 0 Å². The van der Waals surface area contributed by atoms with E-state index in [9.17, 15) is 24.7 Å². The van der Waals surface area contributed by atoms with Crippen LogP contribution in [0.25, 0.3) is 0 Å². The Morgan fingerprint density at radius 3 is 1.57 bits per heavy atom. The van der Waals surface area contributed by atoms with E-state index in [4.69, 9.17) is 25.3 Å². The van der Waals surface area contributed by atoms with Gasteiger partial charge in [0.2, 0.25) is 0 Å². The molecule has 1 fully saturated rings. The van der Waals surface area contributed by atoms with Crippen LogP contribution >= 0.6 is 7.60 Å². The molecule has 4 aromatic rings. The molecule has 0 aromatic heterocycles. The fourth-order valence-corrected chi connectivity index (χ4v) is 7.69. The number of hydrogen-bond acceptors (Lipinski definition) is 10. The highest BCUT2D eigenvalue weighted by Gasteiger charge is 2.46. The molecule has 1 heterocycles. The number of aliphatic hydroxyl groups excluding tert-OH is 2. The van der Waals surface area contributed by atoms with Gasteiger partial charge in [-0.25, -0.2) is 4.79 Å². The molecule has 0 saturated carbocycles. The summed E-state index contributed by atoms with van der Waals surface area (Å²) >= 11 is 0. The monoisotopic (exact) mass is 718 g/mol. The van der Waals surface area contributed by atoms with Crippen molar-refractivity contribution >= 4 is 25.0 Å². The van der Waals surface area contributed by atoms with Crippen molar-refractivity contribution in [1.82, 2.24) is 9.80 Å². The number of phenolic OH excluding ortho intramolecular Hbond substituents is 1. The number of hydrogen-bond donors (Lipinski definition) is 5. The van der Waals surface area contributed by atoms with Gasteiger partial charge < -0.3 is 50.4 Å². The Kier molecular flexibility index (Phi) is 12.6. The third-order valence-electron chi connectivity index (χ3n) is 8.83. The van der Waals surface area contributed by atoms with Gasteiger partial charge in [0.05, 0.1) is 25.3 Å². The average molecular weight is 719 g/mol. The number of nitrogen functional groups attached to an aromatic ring is 2. The number of urea groups is 1. The lowest BCUT2D eigenvalue weighted by molar-refractivity contribution is -0.0408. The SMILES string of the molecule is CCOP(=O)(COc1ccc(C[C@@H]2[C@H](O)[C@@H](O)[C@@H](Cc3ccc(O)cc3)N(Cc3cccc(N)c3)C(=O)N2Cc2cccc(N)c2)cc1)OCC. The predicted molar refractivity (Wildman–Crippen MR) is 196 cm³/mol. The number of amides is 2. The lowest BCUT2D eigenvalue weighted by Crippen LogP contribution is -2.50. The molecule has 0 radical (unpaired) electrons. The summed E-state index contributed by atoms with van der Waals surface area (Å²) < 4.78 is 29.3. The van der Waals surface area contributed by atoms with E-state index in [1.165, 1.54) is 0 Å². The van der Waals surface area contributed by atoms with Crippen LogP contribution in [0.5, 0.6) is 11.5 Å². The maximum atomic E-state index is 14.9. The Morgan fingerprint density at radius 1 is 0.686 bits per heavy atom. The van der Waals surface area contributed by atoms with E-state index in [1.807, 2.05) is 12.1 Å². The highest BCUT2D eigenvalue weighted by molar-refractivity contribution is 7.53. The summed E-state index contributed by atoms with van der Waals surface area (Å²) in [6, 6.07) is 25.9. The molecule has 4 aromatic carbocycles. The van der Waals surface area contributed by atoms with E-state index < -0.39 is 31.9 Å². The third kappa shape index (κ3) is 9.81. The molecule has 7 N–H and O–H groups in total. The molecular weight excluding hydrogens is 671 g/mol. The lowest BCUT2D eigenvalue weighted by atomic mass is 9.90. The number of anilines is 2. The molecule has 13 heteroatoms. The molecule has 5 rings (SSSR count). The van der Waals surface area contributed by atoms with Crippen molar-refractivity contribution in [2.45, 2.75) is 64.1 Å². The predicted octanol–water partition coefficient (Wildman–Crippen LogP) is 5.54. The number of phenols is 1. The molecule has 0 spiro atoms. The highest BCUT2D eigenvalue weighted by atomic mass is 31.2. The molecule has 0 unspecified atom stereocenters. The van der Waals surface area contributed by atoms with Crippen LogP contribution in [0.2, 0.25) is 0 Å². The molecule has 0 aliphatic carbocycles. The number of nitrogens with zero attached hydrogens (tertiary/aromatic N) is 2. The van der Waals surface area contributed by atoms with Crippen molar-refractivity contribution in [3.05, 3.63) is 119 Å². The molecule has 272 valence electrons. The van der Waals surface area contributed by atoms with Gasteiger partial charge >= 0.3 is 13.6 Å². The summed E-state index contributed by atoms with van der Waals surface area (Å²) in [5, 5.41) is 33.9. The van der Waals surface area contributed by atoms with Crippen LogP contribution in [0.3, 0.4) is 0 Å². The van der Waals surface area contributed by atoms with Gasteiger partial charge in [0.25, 0.3) is 0 Å². The summed E-state index contributed by atoms with van der Waals surface area (Å²) in [5.74, 6) is 0.532. The smallest absolute Gasteiger partial charge is 0.367 e. The van der Waals surface area contributed by atoms with Gasteiger partial charge in [0, 0.05) is 24.5 Å². The number of carbonyl (C=O) groups excluding carboxylic acids is 1. The van der Waals surface area contributed by atoms with Gasteiger partial charge in [-0.2, -0.15) is 0 Å². The Bertz CT molecular complexity index is 1780. The Balaban J connectivity index is 1.49. The number of benzene rings is 4.